The molecule has 8 nitrogen and oxygen atoms in total. The second kappa shape index (κ2) is 8.47. The van der Waals surface area contributed by atoms with Crippen LogP contribution in [0.3, 0.4) is 0 Å². The molecule has 2 aliphatic rings. The van der Waals surface area contributed by atoms with Gasteiger partial charge in [0.05, 0.1) is 22.2 Å². The van der Waals surface area contributed by atoms with Crippen LogP contribution in [0.15, 0.2) is 29.1 Å². The predicted molar refractivity (Wildman–Crippen MR) is 116 cm³/mol. The quantitative estimate of drug-likeness (QED) is 0.691. The Morgan fingerprint density at radius 2 is 2.10 bits per heavy atom. The van der Waals surface area contributed by atoms with E-state index in [0.717, 1.165) is 32.2 Å². The van der Waals surface area contributed by atoms with Gasteiger partial charge >= 0.3 is 0 Å². The molecular weight excluding hydrogens is 406 g/mol. The Balaban J connectivity index is 1.67. The lowest BCUT2D eigenvalue weighted by Crippen LogP contribution is -2.43. The van der Waals surface area contributed by atoms with Crippen LogP contribution in [0.25, 0.3) is 0 Å². The Kier molecular flexibility index (Phi) is 5.76. The standard InChI is InChI=1S/C21H24ClN5O3/c1-2-12-7-5-6-10-27(12)21-25-18-17(20(30)26-21)13(11-16(28)24-18)19(29)23-15-9-4-3-8-14(15)22/h3-4,8-9,12-13H,2,5-7,10-11H2,1H3,(H,23,29)(H2,24,25,26,28,30)/t12-,13+/m0/s1. The number of para-hydroxylation sites is 1. The molecule has 0 aliphatic carbocycles. The summed E-state index contributed by atoms with van der Waals surface area (Å²) in [5.41, 5.74) is 0.194. The zero-order valence-corrected chi connectivity index (χ0v) is 17.5. The van der Waals surface area contributed by atoms with E-state index in [1.54, 1.807) is 24.3 Å². The Labute approximate surface area is 179 Å². The third-order valence-corrected chi connectivity index (χ3v) is 6.09. The van der Waals surface area contributed by atoms with Crippen molar-refractivity contribution in [1.82, 2.24) is 9.97 Å². The van der Waals surface area contributed by atoms with Gasteiger partial charge in [0.25, 0.3) is 5.56 Å². The largest absolute Gasteiger partial charge is 0.339 e. The number of hydrogen-bond donors (Lipinski definition) is 3. The average Bonchev–Trinajstić information content (AvgIpc) is 2.74. The summed E-state index contributed by atoms with van der Waals surface area (Å²) in [7, 11) is 0. The summed E-state index contributed by atoms with van der Waals surface area (Å²) in [6, 6.07) is 7.10. The van der Waals surface area contributed by atoms with E-state index < -0.39 is 17.4 Å². The fraction of sp³-hybridized carbons (Fsp3) is 0.429. The van der Waals surface area contributed by atoms with Gasteiger partial charge in [0, 0.05) is 19.0 Å². The fourth-order valence-electron chi connectivity index (χ4n) is 4.21. The smallest absolute Gasteiger partial charge is 0.258 e. The van der Waals surface area contributed by atoms with E-state index in [4.69, 9.17) is 11.6 Å². The Morgan fingerprint density at radius 3 is 2.87 bits per heavy atom. The number of piperidine rings is 1. The van der Waals surface area contributed by atoms with Gasteiger partial charge in [-0.3, -0.25) is 19.4 Å². The topological polar surface area (TPSA) is 107 Å². The summed E-state index contributed by atoms with van der Waals surface area (Å²) in [5.74, 6) is -1.17. The molecule has 2 amide bonds. The first-order valence-corrected chi connectivity index (χ1v) is 10.6. The van der Waals surface area contributed by atoms with Gasteiger partial charge < -0.3 is 15.5 Å². The molecular formula is C21H24ClN5O3. The number of H-pyrrole nitrogens is 1. The SMILES string of the molecule is CC[C@H]1CCCCN1c1nc2c(c(=O)[nH]1)[C@H](C(=O)Nc1ccccc1Cl)CC(=O)N2. The number of amides is 2. The van der Waals surface area contributed by atoms with Gasteiger partial charge in [0.2, 0.25) is 17.8 Å². The van der Waals surface area contributed by atoms with Crippen molar-refractivity contribution in [2.75, 3.05) is 22.1 Å². The van der Waals surface area contributed by atoms with Gasteiger partial charge in [-0.25, -0.2) is 0 Å². The number of fused-ring (bicyclic) bond motifs is 1. The molecule has 0 unspecified atom stereocenters. The van der Waals surface area contributed by atoms with Gasteiger partial charge in [-0.1, -0.05) is 30.7 Å². The minimum absolute atomic E-state index is 0.130. The van der Waals surface area contributed by atoms with E-state index >= 15 is 0 Å². The van der Waals surface area contributed by atoms with Crippen LogP contribution in [-0.4, -0.2) is 34.4 Å². The molecule has 3 N–H and O–H groups in total. The number of carbonyl (C=O) groups is 2. The van der Waals surface area contributed by atoms with Crippen LogP contribution in [0.1, 0.15) is 50.5 Å². The van der Waals surface area contributed by atoms with Gasteiger partial charge in [-0.05, 0) is 37.8 Å². The molecule has 1 aromatic carbocycles. The zero-order valence-electron chi connectivity index (χ0n) is 16.7. The number of aromatic amines is 1. The van der Waals surface area contributed by atoms with Gasteiger partial charge in [0.1, 0.15) is 5.82 Å². The first-order valence-electron chi connectivity index (χ1n) is 10.2. The van der Waals surface area contributed by atoms with Crippen molar-refractivity contribution in [1.29, 1.82) is 0 Å². The monoisotopic (exact) mass is 429 g/mol. The average molecular weight is 430 g/mol. The maximum atomic E-state index is 13.0. The molecule has 30 heavy (non-hydrogen) atoms. The Bertz CT molecular complexity index is 1040. The van der Waals surface area contributed by atoms with Crippen molar-refractivity contribution in [2.24, 2.45) is 0 Å². The lowest BCUT2D eigenvalue weighted by atomic mass is 9.92. The third kappa shape index (κ3) is 3.92. The highest BCUT2D eigenvalue weighted by Crippen LogP contribution is 2.32. The van der Waals surface area contributed by atoms with E-state index in [9.17, 15) is 14.4 Å². The van der Waals surface area contributed by atoms with Crippen molar-refractivity contribution in [2.45, 2.75) is 51.0 Å². The molecule has 2 atom stereocenters. The normalized spacial score (nSPS) is 21.0. The minimum atomic E-state index is -0.946. The molecule has 0 bridgehead atoms. The predicted octanol–water partition coefficient (Wildman–Crippen LogP) is 3.26. The summed E-state index contributed by atoms with van der Waals surface area (Å²) in [4.78, 5) is 47.7. The molecule has 2 aliphatic heterocycles. The number of halogens is 1. The number of nitrogens with zero attached hydrogens (tertiary/aromatic N) is 2. The summed E-state index contributed by atoms with van der Waals surface area (Å²) in [5, 5.41) is 5.77. The van der Waals surface area contributed by atoms with E-state index in [1.165, 1.54) is 0 Å². The van der Waals surface area contributed by atoms with Crippen molar-refractivity contribution in [3.05, 3.63) is 45.2 Å². The third-order valence-electron chi connectivity index (χ3n) is 5.76. The second-order valence-electron chi connectivity index (χ2n) is 7.68. The minimum Gasteiger partial charge on any atom is -0.339 e. The lowest BCUT2D eigenvalue weighted by molar-refractivity contribution is -0.123. The summed E-state index contributed by atoms with van der Waals surface area (Å²) in [6.45, 7) is 2.90. The van der Waals surface area contributed by atoms with E-state index in [1.807, 2.05) is 0 Å². The second-order valence-corrected chi connectivity index (χ2v) is 8.08. The van der Waals surface area contributed by atoms with E-state index in [-0.39, 0.29) is 23.7 Å². The van der Waals surface area contributed by atoms with Crippen molar-refractivity contribution in [3.63, 3.8) is 0 Å². The molecule has 0 saturated carbocycles. The highest BCUT2D eigenvalue weighted by Gasteiger charge is 2.36. The molecule has 4 rings (SSSR count). The summed E-state index contributed by atoms with van der Waals surface area (Å²) in [6.07, 6.45) is 4.01. The van der Waals surface area contributed by atoms with E-state index in [0.29, 0.717) is 22.7 Å². The highest BCUT2D eigenvalue weighted by atomic mass is 35.5. The number of nitrogens with one attached hydrogen (secondary N) is 3. The number of anilines is 3. The van der Waals surface area contributed by atoms with Crippen LogP contribution in [0.2, 0.25) is 5.02 Å². The first kappa shape index (κ1) is 20.4. The lowest BCUT2D eigenvalue weighted by Gasteiger charge is -2.36. The molecule has 0 spiro atoms. The molecule has 158 valence electrons. The molecule has 1 saturated heterocycles. The number of rotatable bonds is 4. The fourth-order valence-corrected chi connectivity index (χ4v) is 4.39. The summed E-state index contributed by atoms with van der Waals surface area (Å²) < 4.78 is 0. The molecule has 1 aromatic heterocycles. The number of hydrogen-bond acceptors (Lipinski definition) is 5. The zero-order chi connectivity index (χ0) is 21.3. The van der Waals surface area contributed by atoms with Crippen molar-refractivity contribution >= 4 is 40.9 Å². The Hall–Kier alpha value is -2.87. The highest BCUT2D eigenvalue weighted by molar-refractivity contribution is 6.33. The van der Waals surface area contributed by atoms with Crippen LogP contribution in [0.4, 0.5) is 17.5 Å². The number of carbonyl (C=O) groups excluding carboxylic acids is 2. The molecule has 3 heterocycles. The molecule has 0 radical (unpaired) electrons. The molecule has 2 aromatic rings. The van der Waals surface area contributed by atoms with E-state index in [2.05, 4.69) is 32.4 Å². The van der Waals surface area contributed by atoms with Gasteiger partial charge in [-0.15, -0.1) is 0 Å². The van der Waals surface area contributed by atoms with Gasteiger partial charge in [-0.2, -0.15) is 4.98 Å². The Morgan fingerprint density at radius 1 is 1.30 bits per heavy atom. The number of benzene rings is 1. The van der Waals surface area contributed by atoms with Crippen LogP contribution >= 0.6 is 11.6 Å². The first-order chi connectivity index (χ1) is 14.5. The van der Waals surface area contributed by atoms with Crippen LogP contribution in [0, 0.1) is 0 Å². The van der Waals surface area contributed by atoms with Gasteiger partial charge in [0.15, 0.2) is 0 Å². The van der Waals surface area contributed by atoms with Crippen LogP contribution < -0.4 is 21.1 Å². The van der Waals surface area contributed by atoms with Crippen molar-refractivity contribution in [3.8, 4) is 0 Å². The summed E-state index contributed by atoms with van der Waals surface area (Å²) >= 11 is 6.12. The maximum absolute atomic E-state index is 13.0. The molecule has 9 heteroatoms. The molecule has 1 fully saturated rings. The maximum Gasteiger partial charge on any atom is 0.258 e. The number of aromatic nitrogens is 2. The van der Waals surface area contributed by atoms with Crippen molar-refractivity contribution < 1.29 is 9.59 Å². The van der Waals surface area contributed by atoms with Crippen LogP contribution in [-0.2, 0) is 9.59 Å². The van der Waals surface area contributed by atoms with Crippen LogP contribution in [0.5, 0.6) is 0 Å².